The molecule has 1 aromatic rings. The number of nitrogens with zero attached hydrogens (tertiary/aromatic N) is 8. The van der Waals surface area contributed by atoms with E-state index < -0.39 is 42.7 Å². The van der Waals surface area contributed by atoms with Gasteiger partial charge >= 0.3 is 12.1 Å². The minimum atomic E-state index is -1.28. The molecule has 0 saturated carbocycles. The molecule has 0 radical (unpaired) electrons. The topological polar surface area (TPSA) is 151 Å². The largest absolute Gasteiger partial charge is 0.449 e. The monoisotopic (exact) mass is 600 g/mol. The second kappa shape index (κ2) is 12.9. The Bertz CT molecular complexity index is 1180. The van der Waals surface area contributed by atoms with Gasteiger partial charge in [-0.3, -0.25) is 9.59 Å². The first-order valence-corrected chi connectivity index (χ1v) is 15.5. The van der Waals surface area contributed by atoms with Gasteiger partial charge in [0, 0.05) is 65.5 Å². The van der Waals surface area contributed by atoms with E-state index in [1.54, 1.807) is 11.8 Å². The second-order valence-corrected chi connectivity index (χ2v) is 11.5. The average molecular weight is 601 g/mol. The molecule has 1 aromatic heterocycles. The Morgan fingerprint density at radius 1 is 0.767 bits per heavy atom. The third-order valence-corrected chi connectivity index (χ3v) is 8.80. The summed E-state index contributed by atoms with van der Waals surface area (Å²) in [5.41, 5.74) is 0. The zero-order valence-electron chi connectivity index (χ0n) is 24.7. The van der Waals surface area contributed by atoms with Crippen molar-refractivity contribution in [3.05, 3.63) is 0 Å². The molecule has 6 rings (SSSR count). The highest BCUT2D eigenvalue weighted by Gasteiger charge is 2.52. The summed E-state index contributed by atoms with van der Waals surface area (Å²) in [6.45, 7) is 7.21. The van der Waals surface area contributed by atoms with E-state index in [9.17, 15) is 19.2 Å². The number of anilines is 3. The van der Waals surface area contributed by atoms with Crippen molar-refractivity contribution in [1.82, 2.24) is 24.8 Å². The summed E-state index contributed by atoms with van der Waals surface area (Å²) in [6.07, 6.45) is 2.70. The van der Waals surface area contributed by atoms with Crippen LogP contribution in [0.2, 0.25) is 0 Å². The fourth-order valence-corrected chi connectivity index (χ4v) is 6.53. The van der Waals surface area contributed by atoms with Crippen molar-refractivity contribution >= 4 is 41.6 Å². The van der Waals surface area contributed by atoms with Crippen LogP contribution in [-0.4, -0.2) is 139 Å². The number of hydrogen-bond acceptors (Lipinski definition) is 13. The van der Waals surface area contributed by atoms with Gasteiger partial charge in [-0.1, -0.05) is 0 Å². The lowest BCUT2D eigenvalue weighted by molar-refractivity contribution is -0.178. The molecule has 5 aliphatic rings. The number of rotatable bonds is 8. The third-order valence-electron chi connectivity index (χ3n) is 8.80. The number of esters is 1. The summed E-state index contributed by atoms with van der Waals surface area (Å²) < 4.78 is 16.1. The van der Waals surface area contributed by atoms with E-state index in [2.05, 4.69) is 14.7 Å². The highest BCUT2D eigenvalue weighted by atomic mass is 16.6. The van der Waals surface area contributed by atoms with E-state index in [4.69, 9.17) is 29.2 Å². The number of ketones is 1. The first-order valence-electron chi connectivity index (χ1n) is 15.5. The summed E-state index contributed by atoms with van der Waals surface area (Å²) in [6, 6.07) is -0.517. The molecule has 2 amide bonds. The van der Waals surface area contributed by atoms with E-state index in [1.165, 1.54) is 4.90 Å². The van der Waals surface area contributed by atoms with E-state index in [0.717, 1.165) is 51.9 Å². The van der Waals surface area contributed by atoms with Crippen LogP contribution in [-0.2, 0) is 28.6 Å². The van der Waals surface area contributed by atoms with Crippen molar-refractivity contribution in [1.29, 1.82) is 0 Å². The molecular formula is C28H40N8O7. The summed E-state index contributed by atoms with van der Waals surface area (Å²) in [4.78, 5) is 74.9. The lowest BCUT2D eigenvalue weighted by Gasteiger charge is -2.38. The Hall–Kier alpha value is -3.75. The van der Waals surface area contributed by atoms with Gasteiger partial charge in [-0.2, -0.15) is 15.0 Å². The first-order chi connectivity index (χ1) is 20.9. The second-order valence-electron chi connectivity index (χ2n) is 11.5. The van der Waals surface area contributed by atoms with Crippen LogP contribution in [0.1, 0.15) is 45.4 Å². The first kappa shape index (κ1) is 29.3. The highest BCUT2D eigenvalue weighted by molar-refractivity contribution is 6.09. The lowest BCUT2D eigenvalue weighted by atomic mass is 9.95. The number of aromatic nitrogens is 3. The van der Waals surface area contributed by atoms with Crippen LogP contribution in [0.4, 0.5) is 22.6 Å². The Morgan fingerprint density at radius 2 is 1.33 bits per heavy atom. The van der Waals surface area contributed by atoms with Gasteiger partial charge in [0.1, 0.15) is 0 Å². The van der Waals surface area contributed by atoms with Crippen molar-refractivity contribution in [3.8, 4) is 0 Å². The van der Waals surface area contributed by atoms with Crippen LogP contribution >= 0.6 is 0 Å². The Balaban J connectivity index is 1.02. The van der Waals surface area contributed by atoms with Gasteiger partial charge in [-0.15, -0.1) is 0 Å². The number of amides is 2. The molecule has 0 aliphatic carbocycles. The van der Waals surface area contributed by atoms with Crippen molar-refractivity contribution < 1.29 is 33.4 Å². The molecule has 5 saturated heterocycles. The van der Waals surface area contributed by atoms with E-state index in [1.807, 2.05) is 0 Å². The van der Waals surface area contributed by atoms with Gasteiger partial charge in [0.15, 0.2) is 18.8 Å². The standard InChI is InChI=1S/C28H40N8O7/c1-2-41-23-21(38)22(19-8-7-13-36(19)24(23)39)43-20(37)18-42-28(40)35-16-14-34(15-17-35)27-30-25(32-9-3-4-10-32)29-26(31-27)33-11-5-6-12-33/h19,22-23H,2-18H2,1H3. The van der Waals surface area contributed by atoms with E-state index >= 15 is 0 Å². The lowest BCUT2D eigenvalue weighted by Crippen LogP contribution is -2.62. The third kappa shape index (κ3) is 6.17. The van der Waals surface area contributed by atoms with Gasteiger partial charge in [0.05, 0.1) is 6.04 Å². The van der Waals surface area contributed by atoms with Gasteiger partial charge < -0.3 is 38.7 Å². The van der Waals surface area contributed by atoms with Gasteiger partial charge in [-0.25, -0.2) is 9.59 Å². The molecular weight excluding hydrogens is 560 g/mol. The number of piperazine rings is 1. The van der Waals surface area contributed by atoms with Crippen molar-refractivity contribution in [2.24, 2.45) is 0 Å². The molecule has 234 valence electrons. The Morgan fingerprint density at radius 3 is 1.88 bits per heavy atom. The average Bonchev–Trinajstić information content (AvgIpc) is 3.83. The molecule has 43 heavy (non-hydrogen) atoms. The molecule has 15 heteroatoms. The molecule has 3 atom stereocenters. The number of fused-ring (bicyclic) bond motifs is 1. The zero-order chi connectivity index (χ0) is 29.9. The van der Waals surface area contributed by atoms with E-state index in [-0.39, 0.29) is 12.5 Å². The van der Waals surface area contributed by atoms with Crippen LogP contribution in [0.5, 0.6) is 0 Å². The van der Waals surface area contributed by atoms with Crippen LogP contribution in [0.25, 0.3) is 0 Å². The maximum absolute atomic E-state index is 12.9. The molecule has 15 nitrogen and oxygen atoms in total. The Labute approximate surface area is 250 Å². The summed E-state index contributed by atoms with van der Waals surface area (Å²) >= 11 is 0. The number of Topliss-reactive ketones (excluding diaryl/α,β-unsaturated/α-hetero) is 1. The predicted molar refractivity (Wildman–Crippen MR) is 153 cm³/mol. The summed E-state index contributed by atoms with van der Waals surface area (Å²) in [5, 5.41) is 0. The maximum atomic E-state index is 12.9. The van der Waals surface area contributed by atoms with Crippen LogP contribution < -0.4 is 14.7 Å². The molecule has 3 unspecified atom stereocenters. The van der Waals surface area contributed by atoms with Crippen LogP contribution in [0.3, 0.4) is 0 Å². The smallest absolute Gasteiger partial charge is 0.410 e. The van der Waals surface area contributed by atoms with Crippen molar-refractivity contribution in [2.45, 2.75) is 63.7 Å². The molecule has 0 bridgehead atoms. The van der Waals surface area contributed by atoms with Crippen LogP contribution in [0, 0.1) is 0 Å². The molecule has 0 spiro atoms. The summed E-state index contributed by atoms with van der Waals surface area (Å²) in [5.74, 6) is 0.236. The molecule has 0 N–H and O–H groups in total. The van der Waals surface area contributed by atoms with Crippen LogP contribution in [0.15, 0.2) is 0 Å². The minimum Gasteiger partial charge on any atom is -0.449 e. The number of ether oxygens (including phenoxy) is 3. The number of hydrogen-bond donors (Lipinski definition) is 0. The maximum Gasteiger partial charge on any atom is 0.410 e. The normalized spacial score (nSPS) is 25.9. The number of carbonyl (C=O) groups excluding carboxylic acids is 4. The zero-order valence-corrected chi connectivity index (χ0v) is 24.7. The highest BCUT2D eigenvalue weighted by Crippen LogP contribution is 2.30. The van der Waals surface area contributed by atoms with Gasteiger partial charge in [0.25, 0.3) is 5.91 Å². The van der Waals surface area contributed by atoms with E-state index in [0.29, 0.717) is 63.4 Å². The number of carbonyl (C=O) groups is 4. The fourth-order valence-electron chi connectivity index (χ4n) is 6.53. The fraction of sp³-hybridized carbons (Fsp3) is 0.750. The quantitative estimate of drug-likeness (QED) is 0.296. The molecule has 6 heterocycles. The minimum absolute atomic E-state index is 0.179. The van der Waals surface area contributed by atoms with Crippen molar-refractivity contribution in [3.63, 3.8) is 0 Å². The molecule has 5 aliphatic heterocycles. The van der Waals surface area contributed by atoms with Gasteiger partial charge in [0.2, 0.25) is 23.6 Å². The van der Waals surface area contributed by atoms with Crippen molar-refractivity contribution in [2.75, 3.05) is 86.8 Å². The summed E-state index contributed by atoms with van der Waals surface area (Å²) in [7, 11) is 0. The number of piperidine rings is 1. The SMILES string of the molecule is CCOC1C(=O)C(OC(=O)COC(=O)N2CCN(c3nc(N4CCCC4)nc(N4CCCC4)n3)CC2)C2CCCN2C1=O. The predicted octanol–water partition coefficient (Wildman–Crippen LogP) is 0.221. The molecule has 5 fully saturated rings. The molecule has 0 aromatic carbocycles. The Kier molecular flexibility index (Phi) is 8.77. The van der Waals surface area contributed by atoms with Gasteiger partial charge in [-0.05, 0) is 45.4 Å².